The van der Waals surface area contributed by atoms with Crippen LogP contribution in [0.4, 0.5) is 11.6 Å². The summed E-state index contributed by atoms with van der Waals surface area (Å²) < 4.78 is 6.11. The van der Waals surface area contributed by atoms with Crippen LogP contribution in [0.25, 0.3) is 11.3 Å². The van der Waals surface area contributed by atoms with E-state index < -0.39 is 5.91 Å². The Hall–Kier alpha value is -3.78. The maximum absolute atomic E-state index is 11.3. The van der Waals surface area contributed by atoms with E-state index in [1.54, 1.807) is 30.5 Å². The fraction of sp³-hybridized carbons (Fsp3) is 0.0476. The molecule has 0 saturated carbocycles. The Bertz CT molecular complexity index is 1160. The predicted molar refractivity (Wildman–Crippen MR) is 113 cm³/mol. The number of anilines is 2. The minimum atomic E-state index is -0.519. The van der Waals surface area contributed by atoms with E-state index in [9.17, 15) is 4.79 Å². The van der Waals surface area contributed by atoms with Crippen LogP contribution in [0.3, 0.4) is 0 Å². The Balaban J connectivity index is 1.58. The lowest BCUT2D eigenvalue weighted by atomic mass is 10.2. The number of nitrogens with two attached hydrogens (primary N) is 1. The largest absolute Gasteiger partial charge is 0.444 e. The molecule has 0 unspecified atom stereocenters. The van der Waals surface area contributed by atoms with E-state index in [1.807, 2.05) is 37.3 Å². The highest BCUT2D eigenvalue weighted by atomic mass is 32.1. The van der Waals surface area contributed by atoms with Gasteiger partial charge in [-0.25, -0.2) is 15.0 Å². The Labute approximate surface area is 171 Å². The Morgan fingerprint density at radius 1 is 1.03 bits per heavy atom. The molecule has 0 saturated heterocycles. The molecule has 3 heterocycles. The molecule has 8 heteroatoms. The van der Waals surface area contributed by atoms with Gasteiger partial charge in [0.1, 0.15) is 23.1 Å². The standard InChI is InChI=1S/C21H17N5O2S/c1-13-25-19(14-5-3-2-4-6-14)21(29-13)28-16-8-10-24-18(12-16)26-17-11-15(20(22)27)7-9-23-17/h2-12H,1H3,(H2,22,27)(H,23,24,26). The maximum Gasteiger partial charge on any atom is 0.248 e. The first-order valence-corrected chi connectivity index (χ1v) is 9.60. The second-order valence-electron chi connectivity index (χ2n) is 6.13. The summed E-state index contributed by atoms with van der Waals surface area (Å²) in [5, 5.41) is 4.68. The number of pyridine rings is 2. The van der Waals surface area contributed by atoms with Crippen molar-refractivity contribution in [1.29, 1.82) is 0 Å². The fourth-order valence-corrected chi connectivity index (χ4v) is 3.49. The molecule has 0 radical (unpaired) electrons. The van der Waals surface area contributed by atoms with E-state index in [1.165, 1.54) is 17.5 Å². The molecule has 3 N–H and O–H groups in total. The summed E-state index contributed by atoms with van der Waals surface area (Å²) in [5.41, 5.74) is 7.47. The lowest BCUT2D eigenvalue weighted by Crippen LogP contribution is -2.11. The summed E-state index contributed by atoms with van der Waals surface area (Å²) in [7, 11) is 0. The Kier molecular flexibility index (Phi) is 5.17. The molecular formula is C21H17N5O2S. The molecule has 0 bridgehead atoms. The van der Waals surface area contributed by atoms with Gasteiger partial charge in [0, 0.05) is 29.6 Å². The third-order valence-electron chi connectivity index (χ3n) is 3.99. The van der Waals surface area contributed by atoms with Crippen LogP contribution < -0.4 is 15.8 Å². The zero-order valence-electron chi connectivity index (χ0n) is 15.5. The summed E-state index contributed by atoms with van der Waals surface area (Å²) in [5.74, 6) is 1.08. The van der Waals surface area contributed by atoms with Crippen LogP contribution in [0, 0.1) is 6.92 Å². The third-order valence-corrected chi connectivity index (χ3v) is 4.84. The van der Waals surface area contributed by atoms with Gasteiger partial charge in [-0.15, -0.1) is 0 Å². The number of carbonyl (C=O) groups excluding carboxylic acids is 1. The second-order valence-corrected chi connectivity index (χ2v) is 7.30. The van der Waals surface area contributed by atoms with Gasteiger partial charge in [0.15, 0.2) is 0 Å². The predicted octanol–water partition coefficient (Wildman–Crippen LogP) is 4.54. The molecule has 3 aromatic heterocycles. The number of thiazole rings is 1. The topological polar surface area (TPSA) is 103 Å². The summed E-state index contributed by atoms with van der Waals surface area (Å²) in [6, 6.07) is 16.5. The molecule has 0 atom stereocenters. The number of hydrogen-bond acceptors (Lipinski definition) is 7. The minimum absolute atomic E-state index is 0.363. The zero-order chi connectivity index (χ0) is 20.2. The molecule has 7 nitrogen and oxygen atoms in total. The van der Waals surface area contributed by atoms with Gasteiger partial charge in [-0.05, 0) is 25.1 Å². The number of benzene rings is 1. The van der Waals surface area contributed by atoms with Crippen molar-refractivity contribution in [3.63, 3.8) is 0 Å². The van der Waals surface area contributed by atoms with Crippen LogP contribution >= 0.6 is 11.3 Å². The third kappa shape index (κ3) is 4.39. The molecule has 29 heavy (non-hydrogen) atoms. The van der Waals surface area contributed by atoms with Gasteiger partial charge < -0.3 is 15.8 Å². The van der Waals surface area contributed by atoms with Crippen molar-refractivity contribution in [3.05, 3.63) is 77.6 Å². The van der Waals surface area contributed by atoms with Crippen molar-refractivity contribution in [2.45, 2.75) is 6.92 Å². The van der Waals surface area contributed by atoms with Crippen molar-refractivity contribution in [2.24, 2.45) is 5.73 Å². The van der Waals surface area contributed by atoms with Crippen molar-refractivity contribution < 1.29 is 9.53 Å². The molecule has 0 aliphatic rings. The van der Waals surface area contributed by atoms with E-state index in [0.717, 1.165) is 16.3 Å². The number of ether oxygens (including phenoxy) is 1. The molecule has 4 aromatic rings. The van der Waals surface area contributed by atoms with E-state index in [4.69, 9.17) is 10.5 Å². The van der Waals surface area contributed by atoms with Gasteiger partial charge in [0.25, 0.3) is 0 Å². The monoisotopic (exact) mass is 403 g/mol. The molecule has 0 aliphatic heterocycles. The maximum atomic E-state index is 11.3. The average molecular weight is 403 g/mol. The Morgan fingerprint density at radius 3 is 2.52 bits per heavy atom. The number of aryl methyl sites for hydroxylation is 1. The van der Waals surface area contributed by atoms with Gasteiger partial charge in [-0.1, -0.05) is 41.7 Å². The van der Waals surface area contributed by atoms with Crippen LogP contribution in [-0.4, -0.2) is 20.9 Å². The summed E-state index contributed by atoms with van der Waals surface area (Å²) in [6.07, 6.45) is 3.14. The van der Waals surface area contributed by atoms with E-state index >= 15 is 0 Å². The average Bonchev–Trinajstić information content (AvgIpc) is 3.09. The van der Waals surface area contributed by atoms with Crippen LogP contribution in [0.1, 0.15) is 15.4 Å². The molecule has 1 aromatic carbocycles. The van der Waals surface area contributed by atoms with Crippen molar-refractivity contribution in [1.82, 2.24) is 15.0 Å². The number of nitrogens with zero attached hydrogens (tertiary/aromatic N) is 3. The summed E-state index contributed by atoms with van der Waals surface area (Å²) >= 11 is 1.48. The summed E-state index contributed by atoms with van der Waals surface area (Å²) in [4.78, 5) is 24.4. The lowest BCUT2D eigenvalue weighted by Gasteiger charge is -2.09. The van der Waals surface area contributed by atoms with Crippen LogP contribution in [-0.2, 0) is 0 Å². The van der Waals surface area contributed by atoms with E-state index in [2.05, 4.69) is 20.3 Å². The normalized spacial score (nSPS) is 10.5. The molecule has 0 aliphatic carbocycles. The van der Waals surface area contributed by atoms with E-state index in [-0.39, 0.29) is 0 Å². The summed E-state index contributed by atoms with van der Waals surface area (Å²) in [6.45, 7) is 1.95. The number of nitrogens with one attached hydrogen (secondary N) is 1. The molecule has 0 spiro atoms. The number of rotatable bonds is 6. The highest BCUT2D eigenvalue weighted by molar-refractivity contribution is 7.13. The van der Waals surface area contributed by atoms with Crippen molar-refractivity contribution >= 4 is 28.9 Å². The van der Waals surface area contributed by atoms with Crippen molar-refractivity contribution in [2.75, 3.05) is 5.32 Å². The number of aromatic nitrogens is 3. The number of amides is 1. The molecule has 1 amide bonds. The Morgan fingerprint density at radius 2 is 1.76 bits per heavy atom. The van der Waals surface area contributed by atoms with Gasteiger partial charge >= 0.3 is 0 Å². The van der Waals surface area contributed by atoms with Crippen LogP contribution in [0.2, 0.25) is 0 Å². The fourth-order valence-electron chi connectivity index (χ4n) is 2.69. The first-order valence-electron chi connectivity index (χ1n) is 8.78. The number of hydrogen-bond donors (Lipinski definition) is 2. The SMILES string of the molecule is Cc1nc(-c2ccccc2)c(Oc2ccnc(Nc3cc(C(N)=O)ccn3)c2)s1. The van der Waals surface area contributed by atoms with Crippen LogP contribution in [0.5, 0.6) is 10.8 Å². The molecular weight excluding hydrogens is 386 g/mol. The minimum Gasteiger partial charge on any atom is -0.444 e. The smallest absolute Gasteiger partial charge is 0.248 e. The molecule has 4 rings (SSSR count). The highest BCUT2D eigenvalue weighted by Crippen LogP contribution is 2.38. The van der Waals surface area contributed by atoms with Gasteiger partial charge in [-0.2, -0.15) is 0 Å². The highest BCUT2D eigenvalue weighted by Gasteiger charge is 2.14. The van der Waals surface area contributed by atoms with Gasteiger partial charge in [0.05, 0.1) is 5.01 Å². The number of carbonyl (C=O) groups is 1. The first-order chi connectivity index (χ1) is 14.1. The van der Waals surface area contributed by atoms with E-state index in [0.29, 0.717) is 28.0 Å². The first kappa shape index (κ1) is 18.6. The molecule has 0 fully saturated rings. The quantitative estimate of drug-likeness (QED) is 0.490. The van der Waals surface area contributed by atoms with Gasteiger partial charge in [0.2, 0.25) is 11.0 Å². The van der Waals surface area contributed by atoms with Crippen LogP contribution in [0.15, 0.2) is 67.0 Å². The molecule has 144 valence electrons. The lowest BCUT2D eigenvalue weighted by molar-refractivity contribution is 0.1000. The van der Waals surface area contributed by atoms with Gasteiger partial charge in [-0.3, -0.25) is 4.79 Å². The second kappa shape index (κ2) is 8.07. The van der Waals surface area contributed by atoms with Crippen molar-refractivity contribution in [3.8, 4) is 22.1 Å². The number of primary amides is 1. The zero-order valence-corrected chi connectivity index (χ0v) is 16.3.